The highest BCUT2D eigenvalue weighted by Gasteiger charge is 2.25. The van der Waals surface area contributed by atoms with Crippen LogP contribution in [0.1, 0.15) is 38.2 Å². The van der Waals surface area contributed by atoms with Gasteiger partial charge >= 0.3 is 0 Å². The van der Waals surface area contributed by atoms with E-state index in [9.17, 15) is 4.79 Å². The molecule has 1 aliphatic heterocycles. The van der Waals surface area contributed by atoms with Crippen molar-refractivity contribution in [3.63, 3.8) is 0 Å². The fourth-order valence-electron chi connectivity index (χ4n) is 3.39. The summed E-state index contributed by atoms with van der Waals surface area (Å²) >= 11 is 0. The van der Waals surface area contributed by atoms with Gasteiger partial charge in [-0.15, -0.1) is 0 Å². The molecule has 2 heterocycles. The molecule has 0 spiro atoms. The summed E-state index contributed by atoms with van der Waals surface area (Å²) in [6.45, 7) is 5.27. The zero-order valence-corrected chi connectivity index (χ0v) is 16.6. The molecule has 1 amide bonds. The molecule has 0 atom stereocenters. The Hall–Kier alpha value is -2.63. The third-order valence-corrected chi connectivity index (χ3v) is 5.14. The summed E-state index contributed by atoms with van der Waals surface area (Å²) < 4.78 is 5.68. The Bertz CT molecular complexity index is 713. The van der Waals surface area contributed by atoms with Crippen LogP contribution in [0.25, 0.3) is 0 Å². The number of carbonyl (C=O) groups is 1. The lowest BCUT2D eigenvalue weighted by Gasteiger charge is -2.31. The van der Waals surface area contributed by atoms with Crippen LogP contribution in [0.15, 0.2) is 42.9 Å². The Balaban J connectivity index is 1.36. The van der Waals surface area contributed by atoms with Gasteiger partial charge in [0.15, 0.2) is 0 Å². The van der Waals surface area contributed by atoms with Gasteiger partial charge in [-0.25, -0.2) is 4.98 Å². The van der Waals surface area contributed by atoms with Gasteiger partial charge in [0.1, 0.15) is 11.6 Å². The standard InChI is InChI=1S/C22H30N4O2/c1-2-3-16-28-20-6-4-18(5-7-20)8-11-25-22(27)19-9-14-26(15-10-19)21-17-23-12-13-24-21/h4-7,12-13,17,19H,2-3,8-11,14-16H2,1H3,(H,25,27). The summed E-state index contributed by atoms with van der Waals surface area (Å²) in [7, 11) is 0. The number of aromatic nitrogens is 2. The van der Waals surface area contributed by atoms with Crippen molar-refractivity contribution in [2.24, 2.45) is 5.92 Å². The van der Waals surface area contributed by atoms with Crippen molar-refractivity contribution in [1.29, 1.82) is 0 Å². The average molecular weight is 383 g/mol. The molecule has 1 fully saturated rings. The number of amides is 1. The quantitative estimate of drug-likeness (QED) is 0.675. The molecule has 0 radical (unpaired) electrons. The molecule has 0 unspecified atom stereocenters. The van der Waals surface area contributed by atoms with Crippen LogP contribution in [0, 0.1) is 5.92 Å². The molecule has 0 bridgehead atoms. The van der Waals surface area contributed by atoms with Crippen molar-refractivity contribution < 1.29 is 9.53 Å². The highest BCUT2D eigenvalue weighted by atomic mass is 16.5. The summed E-state index contributed by atoms with van der Waals surface area (Å²) in [6, 6.07) is 8.17. The molecule has 1 aromatic carbocycles. The first-order valence-electron chi connectivity index (χ1n) is 10.3. The molecular formula is C22H30N4O2. The normalized spacial score (nSPS) is 14.7. The maximum absolute atomic E-state index is 12.5. The molecule has 6 heteroatoms. The van der Waals surface area contributed by atoms with Gasteiger partial charge in [0.2, 0.25) is 5.91 Å². The first-order chi connectivity index (χ1) is 13.8. The Kier molecular flexibility index (Phi) is 7.64. The molecular weight excluding hydrogens is 352 g/mol. The fraction of sp³-hybridized carbons (Fsp3) is 0.500. The summed E-state index contributed by atoms with van der Waals surface area (Å²) in [4.78, 5) is 23.1. The summed E-state index contributed by atoms with van der Waals surface area (Å²) in [5.74, 6) is 2.06. The highest BCUT2D eigenvalue weighted by Crippen LogP contribution is 2.21. The van der Waals surface area contributed by atoms with Crippen LogP contribution in [0.5, 0.6) is 5.75 Å². The first kappa shape index (κ1) is 20.1. The number of carbonyl (C=O) groups excluding carboxylic acids is 1. The van der Waals surface area contributed by atoms with Gasteiger partial charge in [-0.05, 0) is 43.4 Å². The smallest absolute Gasteiger partial charge is 0.223 e. The van der Waals surface area contributed by atoms with Crippen molar-refractivity contribution in [2.75, 3.05) is 31.1 Å². The van der Waals surface area contributed by atoms with Gasteiger partial charge in [0.05, 0.1) is 12.8 Å². The molecule has 1 aromatic heterocycles. The van der Waals surface area contributed by atoms with Gasteiger partial charge in [0.25, 0.3) is 0 Å². The molecule has 3 rings (SSSR count). The van der Waals surface area contributed by atoms with Crippen molar-refractivity contribution in [3.05, 3.63) is 48.4 Å². The Morgan fingerprint density at radius 2 is 2.00 bits per heavy atom. The zero-order valence-electron chi connectivity index (χ0n) is 16.6. The molecule has 1 aliphatic rings. The number of unbranched alkanes of at least 4 members (excludes halogenated alkanes) is 1. The van der Waals surface area contributed by atoms with E-state index in [1.807, 2.05) is 12.1 Å². The molecule has 0 aliphatic carbocycles. The SMILES string of the molecule is CCCCOc1ccc(CCNC(=O)C2CCN(c3cnccn3)CC2)cc1. The summed E-state index contributed by atoms with van der Waals surface area (Å²) in [6.07, 6.45) is 9.91. The van der Waals surface area contributed by atoms with E-state index in [0.29, 0.717) is 6.54 Å². The van der Waals surface area contributed by atoms with E-state index in [0.717, 1.165) is 63.4 Å². The van der Waals surface area contributed by atoms with E-state index in [1.54, 1.807) is 18.6 Å². The van der Waals surface area contributed by atoms with Crippen molar-refractivity contribution in [1.82, 2.24) is 15.3 Å². The lowest BCUT2D eigenvalue weighted by atomic mass is 9.96. The van der Waals surface area contributed by atoms with Crippen molar-refractivity contribution in [2.45, 2.75) is 39.0 Å². The van der Waals surface area contributed by atoms with E-state index < -0.39 is 0 Å². The Labute approximate surface area is 167 Å². The Morgan fingerprint density at radius 1 is 1.21 bits per heavy atom. The van der Waals surface area contributed by atoms with E-state index in [2.05, 4.69) is 39.2 Å². The third-order valence-electron chi connectivity index (χ3n) is 5.14. The molecule has 1 N–H and O–H groups in total. The predicted octanol–water partition coefficient (Wildman–Crippen LogP) is 3.23. The van der Waals surface area contributed by atoms with Gasteiger partial charge in [-0.1, -0.05) is 25.5 Å². The van der Waals surface area contributed by atoms with Crippen LogP contribution in [0.3, 0.4) is 0 Å². The van der Waals surface area contributed by atoms with Gasteiger partial charge in [0, 0.05) is 37.9 Å². The van der Waals surface area contributed by atoms with E-state index >= 15 is 0 Å². The number of benzene rings is 1. The molecule has 0 saturated carbocycles. The van der Waals surface area contributed by atoms with Crippen LogP contribution < -0.4 is 15.0 Å². The number of piperidine rings is 1. The second kappa shape index (κ2) is 10.6. The molecule has 6 nitrogen and oxygen atoms in total. The number of nitrogens with one attached hydrogen (secondary N) is 1. The monoisotopic (exact) mass is 382 g/mol. The molecule has 28 heavy (non-hydrogen) atoms. The van der Waals surface area contributed by atoms with Crippen molar-refractivity contribution in [3.8, 4) is 5.75 Å². The lowest BCUT2D eigenvalue weighted by molar-refractivity contribution is -0.125. The maximum Gasteiger partial charge on any atom is 0.223 e. The van der Waals surface area contributed by atoms with Crippen LogP contribution in [0.4, 0.5) is 5.82 Å². The average Bonchev–Trinajstić information content (AvgIpc) is 2.76. The molecule has 2 aromatic rings. The number of nitrogens with zero attached hydrogens (tertiary/aromatic N) is 3. The topological polar surface area (TPSA) is 67.3 Å². The number of rotatable bonds is 9. The molecule has 150 valence electrons. The van der Waals surface area contributed by atoms with E-state index in [-0.39, 0.29) is 11.8 Å². The fourth-order valence-corrected chi connectivity index (χ4v) is 3.39. The lowest BCUT2D eigenvalue weighted by Crippen LogP contribution is -2.41. The number of hydrogen-bond donors (Lipinski definition) is 1. The van der Waals surface area contributed by atoms with Crippen LogP contribution in [0.2, 0.25) is 0 Å². The second-order valence-electron chi connectivity index (χ2n) is 7.21. The van der Waals surface area contributed by atoms with E-state index in [1.165, 1.54) is 5.56 Å². The number of ether oxygens (including phenoxy) is 1. The predicted molar refractivity (Wildman–Crippen MR) is 111 cm³/mol. The highest BCUT2D eigenvalue weighted by molar-refractivity contribution is 5.79. The zero-order chi connectivity index (χ0) is 19.6. The summed E-state index contributed by atoms with van der Waals surface area (Å²) in [5.41, 5.74) is 1.21. The maximum atomic E-state index is 12.5. The number of anilines is 1. The van der Waals surface area contributed by atoms with Crippen LogP contribution in [-0.2, 0) is 11.2 Å². The largest absolute Gasteiger partial charge is 0.494 e. The Morgan fingerprint density at radius 3 is 2.68 bits per heavy atom. The van der Waals surface area contributed by atoms with Crippen molar-refractivity contribution >= 4 is 11.7 Å². The number of hydrogen-bond acceptors (Lipinski definition) is 5. The third kappa shape index (κ3) is 5.94. The van der Waals surface area contributed by atoms with E-state index in [4.69, 9.17) is 4.74 Å². The van der Waals surface area contributed by atoms with Crippen LogP contribution in [-0.4, -0.2) is 42.1 Å². The van der Waals surface area contributed by atoms with Gasteiger partial charge in [-0.2, -0.15) is 0 Å². The minimum absolute atomic E-state index is 0.0854. The minimum atomic E-state index is 0.0854. The first-order valence-corrected chi connectivity index (χ1v) is 10.3. The van der Waals surface area contributed by atoms with Gasteiger partial charge in [-0.3, -0.25) is 9.78 Å². The summed E-state index contributed by atoms with van der Waals surface area (Å²) in [5, 5.41) is 3.10. The van der Waals surface area contributed by atoms with Crippen LogP contribution >= 0.6 is 0 Å². The van der Waals surface area contributed by atoms with Gasteiger partial charge < -0.3 is 15.0 Å². The minimum Gasteiger partial charge on any atom is -0.494 e. The molecule has 1 saturated heterocycles. The second-order valence-corrected chi connectivity index (χ2v) is 7.21.